The third kappa shape index (κ3) is 2.78. The fourth-order valence-electron chi connectivity index (χ4n) is 3.89. The molecule has 128 valence electrons. The number of carbonyl (C=O) groups is 1. The highest BCUT2D eigenvalue weighted by Crippen LogP contribution is 2.49. The number of allylic oxidation sites excluding steroid dienone is 2. The van der Waals surface area contributed by atoms with Crippen molar-refractivity contribution in [2.45, 2.75) is 12.8 Å². The van der Waals surface area contributed by atoms with Gasteiger partial charge in [-0.05, 0) is 34.4 Å². The Hall–Kier alpha value is -3.00. The number of benzene rings is 3. The smallest absolute Gasteiger partial charge is 0.167 e. The lowest BCUT2D eigenvalue weighted by Gasteiger charge is -2.20. The molecule has 2 heteroatoms. The van der Waals surface area contributed by atoms with Crippen molar-refractivity contribution < 1.29 is 9.18 Å². The Balaban J connectivity index is 1.98. The molecule has 0 saturated carbocycles. The summed E-state index contributed by atoms with van der Waals surface area (Å²) in [5.74, 6) is -0.350. The topological polar surface area (TPSA) is 17.1 Å². The van der Waals surface area contributed by atoms with E-state index in [9.17, 15) is 9.18 Å². The summed E-state index contributed by atoms with van der Waals surface area (Å²) in [6.07, 6.45) is 0. The Morgan fingerprint density at radius 3 is 1.92 bits per heavy atom. The Morgan fingerprint density at radius 1 is 0.731 bits per heavy atom. The summed E-state index contributed by atoms with van der Waals surface area (Å²) in [6, 6.07) is 26.4. The number of hydrogen-bond acceptors (Lipinski definition) is 1. The second-order valence-electron chi connectivity index (χ2n) is 6.70. The predicted octanol–water partition coefficient (Wildman–Crippen LogP) is 5.74. The second kappa shape index (κ2) is 6.72. The maximum Gasteiger partial charge on any atom is 0.167 e. The molecule has 0 amide bonds. The lowest BCUT2D eigenvalue weighted by atomic mass is 9.83. The Kier molecular flexibility index (Phi) is 4.26. The van der Waals surface area contributed by atoms with Gasteiger partial charge in [-0.2, -0.15) is 0 Å². The Morgan fingerprint density at radius 2 is 1.31 bits per heavy atom. The molecule has 1 aliphatic carbocycles. The van der Waals surface area contributed by atoms with Crippen molar-refractivity contribution in [3.8, 4) is 0 Å². The van der Waals surface area contributed by atoms with Crippen molar-refractivity contribution in [1.29, 1.82) is 0 Å². The zero-order valence-electron chi connectivity index (χ0n) is 14.5. The zero-order chi connectivity index (χ0) is 18.1. The third-order valence-corrected chi connectivity index (χ3v) is 5.12. The molecule has 0 radical (unpaired) electrons. The van der Waals surface area contributed by atoms with Gasteiger partial charge in [0.1, 0.15) is 5.82 Å². The van der Waals surface area contributed by atoms with Crippen LogP contribution in [0.15, 0.2) is 84.9 Å². The van der Waals surface area contributed by atoms with Gasteiger partial charge in [-0.25, -0.2) is 4.39 Å². The maximum atomic E-state index is 13.4. The summed E-state index contributed by atoms with van der Waals surface area (Å²) < 4.78 is 13.4. The van der Waals surface area contributed by atoms with E-state index in [1.54, 1.807) is 12.1 Å². The average Bonchev–Trinajstić information content (AvgIpc) is 2.95. The molecule has 0 saturated heterocycles. The second-order valence-corrected chi connectivity index (χ2v) is 6.70. The van der Waals surface area contributed by atoms with E-state index in [1.165, 1.54) is 12.1 Å². The van der Waals surface area contributed by atoms with E-state index < -0.39 is 0 Å². The van der Waals surface area contributed by atoms with Gasteiger partial charge < -0.3 is 0 Å². The molecule has 3 aromatic carbocycles. The van der Waals surface area contributed by atoms with Crippen LogP contribution in [0, 0.1) is 11.7 Å². The Labute approximate surface area is 152 Å². The van der Waals surface area contributed by atoms with Crippen molar-refractivity contribution in [2.24, 2.45) is 5.92 Å². The van der Waals surface area contributed by atoms with Gasteiger partial charge >= 0.3 is 0 Å². The summed E-state index contributed by atoms with van der Waals surface area (Å²) >= 11 is 0. The Bertz CT molecular complexity index is 956. The number of carbonyl (C=O) groups excluding carboxylic acids is 1. The summed E-state index contributed by atoms with van der Waals surface area (Å²) in [6.45, 7) is 1.99. The van der Waals surface area contributed by atoms with E-state index >= 15 is 0 Å². The molecule has 0 fully saturated rings. The summed E-state index contributed by atoms with van der Waals surface area (Å²) in [4.78, 5) is 13.2. The molecule has 3 aromatic rings. The van der Waals surface area contributed by atoms with Crippen molar-refractivity contribution >= 4 is 16.9 Å². The lowest BCUT2D eigenvalue weighted by Crippen LogP contribution is -2.12. The largest absolute Gasteiger partial charge is 0.294 e. The number of rotatable bonds is 3. The molecule has 4 rings (SSSR count). The highest BCUT2D eigenvalue weighted by molar-refractivity contribution is 6.33. The standard InChI is InChI=1S/C24H19FO/c1-16-21(17-8-4-2-5-9-17)22(18-10-6-3-7-11-18)23(24(16)26)19-12-14-20(25)15-13-19/h2-16,21H,1H3/t16-,21?/m1/s1. The van der Waals surface area contributed by atoms with E-state index in [1.807, 2.05) is 55.5 Å². The molecule has 0 N–H and O–H groups in total. The van der Waals surface area contributed by atoms with Crippen LogP contribution in [0.3, 0.4) is 0 Å². The molecule has 2 atom stereocenters. The van der Waals surface area contributed by atoms with Gasteiger partial charge in [0.05, 0.1) is 0 Å². The van der Waals surface area contributed by atoms with Gasteiger partial charge in [0, 0.05) is 17.4 Å². The molecule has 1 aliphatic rings. The van der Waals surface area contributed by atoms with Crippen LogP contribution in [0.5, 0.6) is 0 Å². The monoisotopic (exact) mass is 342 g/mol. The molecule has 0 aliphatic heterocycles. The number of Topliss-reactive ketones (excluding diaryl/α,β-unsaturated/α-hetero) is 1. The predicted molar refractivity (Wildman–Crippen MR) is 103 cm³/mol. The van der Waals surface area contributed by atoms with Gasteiger partial charge in [0.25, 0.3) is 0 Å². The molecule has 26 heavy (non-hydrogen) atoms. The van der Waals surface area contributed by atoms with Gasteiger partial charge in [0.2, 0.25) is 0 Å². The number of ketones is 1. The van der Waals surface area contributed by atoms with Crippen molar-refractivity contribution in [3.05, 3.63) is 107 Å². The number of halogens is 1. The van der Waals surface area contributed by atoms with Crippen LogP contribution < -0.4 is 0 Å². The van der Waals surface area contributed by atoms with Gasteiger partial charge in [-0.1, -0.05) is 79.7 Å². The summed E-state index contributed by atoms with van der Waals surface area (Å²) in [5, 5.41) is 0. The molecule has 1 unspecified atom stereocenters. The first-order chi connectivity index (χ1) is 12.7. The van der Waals surface area contributed by atoms with Crippen molar-refractivity contribution in [1.82, 2.24) is 0 Å². The molecule has 0 bridgehead atoms. The normalized spacial score (nSPS) is 19.8. The van der Waals surface area contributed by atoms with Crippen LogP contribution in [0.4, 0.5) is 4.39 Å². The molecule has 0 spiro atoms. The highest BCUT2D eigenvalue weighted by atomic mass is 19.1. The van der Waals surface area contributed by atoms with E-state index in [-0.39, 0.29) is 23.4 Å². The van der Waals surface area contributed by atoms with Crippen molar-refractivity contribution in [3.63, 3.8) is 0 Å². The van der Waals surface area contributed by atoms with Crippen LogP contribution in [0.2, 0.25) is 0 Å². The van der Waals surface area contributed by atoms with Gasteiger partial charge in [-0.3, -0.25) is 4.79 Å². The van der Waals surface area contributed by atoms with Crippen LogP contribution in [0.1, 0.15) is 29.5 Å². The minimum Gasteiger partial charge on any atom is -0.294 e. The minimum absolute atomic E-state index is 0.00819. The fourth-order valence-corrected chi connectivity index (χ4v) is 3.89. The molecular formula is C24H19FO. The van der Waals surface area contributed by atoms with Crippen LogP contribution >= 0.6 is 0 Å². The zero-order valence-corrected chi connectivity index (χ0v) is 14.5. The first kappa shape index (κ1) is 16.5. The first-order valence-corrected chi connectivity index (χ1v) is 8.81. The minimum atomic E-state index is -0.297. The van der Waals surface area contributed by atoms with E-state index in [4.69, 9.17) is 0 Å². The van der Waals surface area contributed by atoms with Crippen LogP contribution in [-0.4, -0.2) is 5.78 Å². The van der Waals surface area contributed by atoms with E-state index in [0.29, 0.717) is 5.57 Å². The number of hydrogen-bond donors (Lipinski definition) is 0. The van der Waals surface area contributed by atoms with E-state index in [2.05, 4.69) is 12.1 Å². The summed E-state index contributed by atoms with van der Waals surface area (Å²) in [5.41, 5.74) is 4.68. The van der Waals surface area contributed by atoms with Crippen molar-refractivity contribution in [2.75, 3.05) is 0 Å². The van der Waals surface area contributed by atoms with E-state index in [0.717, 1.165) is 22.3 Å². The molecule has 0 aromatic heterocycles. The fraction of sp³-hybridized carbons (Fsp3) is 0.125. The summed E-state index contributed by atoms with van der Waals surface area (Å²) in [7, 11) is 0. The van der Waals surface area contributed by atoms with Crippen LogP contribution in [-0.2, 0) is 4.79 Å². The lowest BCUT2D eigenvalue weighted by molar-refractivity contribution is -0.116. The first-order valence-electron chi connectivity index (χ1n) is 8.81. The molecule has 0 heterocycles. The highest BCUT2D eigenvalue weighted by Gasteiger charge is 2.40. The SMILES string of the molecule is C[C@H]1C(=O)C(c2ccc(F)cc2)=C(c2ccccc2)C1c1ccccc1. The maximum absolute atomic E-state index is 13.4. The van der Waals surface area contributed by atoms with Crippen LogP contribution in [0.25, 0.3) is 11.1 Å². The third-order valence-electron chi connectivity index (χ3n) is 5.12. The average molecular weight is 342 g/mol. The molecular weight excluding hydrogens is 323 g/mol. The van der Waals surface area contributed by atoms with Gasteiger partial charge in [-0.15, -0.1) is 0 Å². The quantitative estimate of drug-likeness (QED) is 0.593. The molecule has 1 nitrogen and oxygen atoms in total. The van der Waals surface area contributed by atoms with Gasteiger partial charge in [0.15, 0.2) is 5.78 Å².